The van der Waals surface area contributed by atoms with E-state index >= 15 is 0 Å². The molecule has 5 rings (SSSR count). The van der Waals surface area contributed by atoms with Crippen LogP contribution in [0.15, 0.2) is 107 Å². The van der Waals surface area contributed by atoms with Crippen LogP contribution in [0, 0.1) is 0 Å². The molecule has 2 aromatic heterocycles. The van der Waals surface area contributed by atoms with Crippen LogP contribution in [0.1, 0.15) is 5.76 Å². The molecule has 2 heterocycles. The van der Waals surface area contributed by atoms with Crippen LogP contribution < -0.4 is 16.1 Å². The van der Waals surface area contributed by atoms with E-state index in [0.29, 0.717) is 28.4 Å². The van der Waals surface area contributed by atoms with E-state index in [1.165, 1.54) is 0 Å². The Morgan fingerprint density at radius 3 is 1.83 bits per heavy atom. The second-order valence-corrected chi connectivity index (χ2v) is 7.80. The normalized spacial score (nSPS) is 10.9. The molecule has 8 nitrogen and oxygen atoms in total. The smallest absolute Gasteiger partial charge is 0.250 e. The summed E-state index contributed by atoms with van der Waals surface area (Å²) in [5, 5.41) is 11.3. The molecular weight excluding hydrogens is 462 g/mol. The average molecular weight is 482 g/mol. The zero-order valence-corrected chi connectivity index (χ0v) is 19.1. The first-order valence-corrected chi connectivity index (χ1v) is 11.1. The highest BCUT2D eigenvalue weighted by atomic mass is 35.5. The van der Waals surface area contributed by atoms with E-state index in [2.05, 4.69) is 36.1 Å². The number of nitrogens with zero attached hydrogens (tertiary/aromatic N) is 4. The van der Waals surface area contributed by atoms with E-state index in [1.807, 2.05) is 97.1 Å². The van der Waals surface area contributed by atoms with Crippen molar-refractivity contribution in [1.29, 1.82) is 0 Å². The van der Waals surface area contributed by atoms with Crippen molar-refractivity contribution in [2.75, 3.05) is 16.1 Å². The zero-order chi connectivity index (χ0) is 23.9. The summed E-state index contributed by atoms with van der Waals surface area (Å²) in [6.45, 7) is 0. The van der Waals surface area contributed by atoms with Crippen LogP contribution >= 0.6 is 11.6 Å². The fraction of sp³-hybridized carbons (Fsp3) is 0. The van der Waals surface area contributed by atoms with Crippen molar-refractivity contribution in [3.8, 4) is 11.3 Å². The van der Waals surface area contributed by atoms with E-state index in [0.717, 1.165) is 16.9 Å². The lowest BCUT2D eigenvalue weighted by molar-refractivity contribution is 0.575. The van der Waals surface area contributed by atoms with Crippen molar-refractivity contribution in [3.63, 3.8) is 0 Å². The van der Waals surface area contributed by atoms with Gasteiger partial charge in [0.2, 0.25) is 17.8 Å². The number of aromatic nitrogens is 3. The summed E-state index contributed by atoms with van der Waals surface area (Å²) in [5.41, 5.74) is 5.48. The molecule has 0 amide bonds. The number of furan rings is 1. The van der Waals surface area contributed by atoms with Crippen molar-refractivity contribution in [1.82, 2.24) is 15.0 Å². The third-order valence-corrected chi connectivity index (χ3v) is 5.06. The van der Waals surface area contributed by atoms with Gasteiger partial charge in [0.15, 0.2) is 0 Å². The quantitative estimate of drug-likeness (QED) is 0.167. The monoisotopic (exact) mass is 481 g/mol. The van der Waals surface area contributed by atoms with Crippen LogP contribution in [0.3, 0.4) is 0 Å². The van der Waals surface area contributed by atoms with Gasteiger partial charge in [-0.15, -0.1) is 0 Å². The SMILES string of the molecule is Clc1ccc(-c2ccc(/C=N/Nc3nc(Nc4ccccc4)nc(Nc4ccccc4)n3)o2)cc1. The number of rotatable bonds is 8. The maximum Gasteiger partial charge on any atom is 0.250 e. The number of hydrogen-bond acceptors (Lipinski definition) is 8. The highest BCUT2D eigenvalue weighted by Crippen LogP contribution is 2.23. The van der Waals surface area contributed by atoms with Gasteiger partial charge in [0.25, 0.3) is 0 Å². The Hall–Kier alpha value is -4.69. The Bertz CT molecular complexity index is 1360. The molecule has 35 heavy (non-hydrogen) atoms. The fourth-order valence-corrected chi connectivity index (χ4v) is 3.31. The van der Waals surface area contributed by atoms with E-state index in [4.69, 9.17) is 16.0 Å². The molecule has 0 aliphatic rings. The van der Waals surface area contributed by atoms with Gasteiger partial charge in [-0.3, -0.25) is 0 Å². The van der Waals surface area contributed by atoms with E-state index in [-0.39, 0.29) is 5.95 Å². The van der Waals surface area contributed by atoms with E-state index in [9.17, 15) is 0 Å². The van der Waals surface area contributed by atoms with Crippen molar-refractivity contribution >= 4 is 47.0 Å². The topological polar surface area (TPSA) is 100 Å². The Balaban J connectivity index is 1.34. The predicted molar refractivity (Wildman–Crippen MR) is 140 cm³/mol. The lowest BCUT2D eigenvalue weighted by Gasteiger charge is -2.10. The molecule has 0 aliphatic heterocycles. The van der Waals surface area contributed by atoms with Gasteiger partial charge in [-0.25, -0.2) is 5.43 Å². The standard InChI is InChI=1S/C26H20ClN7O/c27-19-13-11-18(12-14-19)23-16-15-22(35-23)17-28-34-26-32-24(29-20-7-3-1-4-8-20)31-25(33-26)30-21-9-5-2-6-10-21/h1-17H,(H3,29,30,31,32,33,34)/b28-17+. The van der Waals surface area contributed by atoms with Gasteiger partial charge in [0, 0.05) is 22.0 Å². The first-order valence-electron chi connectivity index (χ1n) is 10.8. The van der Waals surface area contributed by atoms with Crippen LogP contribution in [0.4, 0.5) is 29.2 Å². The second-order valence-electron chi connectivity index (χ2n) is 7.37. The van der Waals surface area contributed by atoms with Crippen molar-refractivity contribution in [3.05, 3.63) is 108 Å². The average Bonchev–Trinajstić information content (AvgIpc) is 3.35. The van der Waals surface area contributed by atoms with Gasteiger partial charge in [-0.05, 0) is 60.7 Å². The molecular formula is C26H20ClN7O. The highest BCUT2D eigenvalue weighted by molar-refractivity contribution is 6.30. The van der Waals surface area contributed by atoms with Gasteiger partial charge in [-0.1, -0.05) is 48.0 Å². The van der Waals surface area contributed by atoms with Crippen LogP contribution in [0.2, 0.25) is 5.02 Å². The third-order valence-electron chi connectivity index (χ3n) is 4.81. The molecule has 3 N–H and O–H groups in total. The van der Waals surface area contributed by atoms with E-state index in [1.54, 1.807) is 6.21 Å². The lowest BCUT2D eigenvalue weighted by atomic mass is 10.2. The molecule has 0 fully saturated rings. The fourth-order valence-electron chi connectivity index (χ4n) is 3.18. The first kappa shape index (κ1) is 22.1. The van der Waals surface area contributed by atoms with Crippen LogP contribution in [-0.2, 0) is 0 Å². The largest absolute Gasteiger partial charge is 0.455 e. The van der Waals surface area contributed by atoms with Gasteiger partial charge < -0.3 is 15.1 Å². The molecule has 0 spiro atoms. The summed E-state index contributed by atoms with van der Waals surface area (Å²) in [6, 6.07) is 30.4. The van der Waals surface area contributed by atoms with Crippen molar-refractivity contribution in [2.45, 2.75) is 0 Å². The molecule has 9 heteroatoms. The zero-order valence-electron chi connectivity index (χ0n) is 18.4. The molecule has 5 aromatic rings. The Kier molecular flexibility index (Phi) is 6.63. The van der Waals surface area contributed by atoms with Crippen LogP contribution in [-0.4, -0.2) is 21.2 Å². The molecule has 0 saturated heterocycles. The Morgan fingerprint density at radius 1 is 0.657 bits per heavy atom. The summed E-state index contributed by atoms with van der Waals surface area (Å²) in [4.78, 5) is 13.3. The number of hydrazone groups is 1. The second kappa shape index (κ2) is 10.5. The van der Waals surface area contributed by atoms with E-state index < -0.39 is 0 Å². The van der Waals surface area contributed by atoms with Crippen LogP contribution in [0.5, 0.6) is 0 Å². The Labute approximate surface area is 206 Å². The minimum Gasteiger partial charge on any atom is -0.455 e. The maximum atomic E-state index is 5.96. The number of hydrogen-bond donors (Lipinski definition) is 3. The number of para-hydroxylation sites is 2. The molecule has 0 saturated carbocycles. The first-order chi connectivity index (χ1) is 17.2. The minimum atomic E-state index is 0.262. The number of benzene rings is 3. The van der Waals surface area contributed by atoms with Gasteiger partial charge in [0.1, 0.15) is 11.5 Å². The van der Waals surface area contributed by atoms with Gasteiger partial charge >= 0.3 is 0 Å². The lowest BCUT2D eigenvalue weighted by Crippen LogP contribution is -2.07. The summed E-state index contributed by atoms with van der Waals surface area (Å²) in [6.07, 6.45) is 1.55. The van der Waals surface area contributed by atoms with Crippen molar-refractivity contribution < 1.29 is 4.42 Å². The third kappa shape index (κ3) is 6.01. The number of halogens is 1. The number of anilines is 5. The van der Waals surface area contributed by atoms with Crippen molar-refractivity contribution in [2.24, 2.45) is 5.10 Å². The van der Waals surface area contributed by atoms with Crippen LogP contribution in [0.25, 0.3) is 11.3 Å². The molecule has 0 aliphatic carbocycles. The van der Waals surface area contributed by atoms with Gasteiger partial charge in [0.05, 0.1) is 6.21 Å². The Morgan fingerprint density at radius 2 is 1.23 bits per heavy atom. The summed E-state index contributed by atoms with van der Waals surface area (Å²) in [5.74, 6) is 2.28. The maximum absolute atomic E-state index is 5.96. The molecule has 3 aromatic carbocycles. The summed E-state index contributed by atoms with van der Waals surface area (Å²) < 4.78 is 5.84. The molecule has 0 bridgehead atoms. The highest BCUT2D eigenvalue weighted by Gasteiger charge is 2.08. The summed E-state index contributed by atoms with van der Waals surface area (Å²) >= 11 is 5.96. The molecule has 0 atom stereocenters. The minimum absolute atomic E-state index is 0.262. The predicted octanol–water partition coefficient (Wildman–Crippen LogP) is 6.72. The molecule has 172 valence electrons. The summed E-state index contributed by atoms with van der Waals surface area (Å²) in [7, 11) is 0. The number of nitrogens with one attached hydrogen (secondary N) is 3. The molecule has 0 unspecified atom stereocenters. The van der Waals surface area contributed by atoms with Gasteiger partial charge in [-0.2, -0.15) is 20.1 Å². The molecule has 0 radical (unpaired) electrons.